The number of allylic oxidation sites excluding steroid dienone is 1. The van der Waals surface area contributed by atoms with Gasteiger partial charge in [-0.3, -0.25) is 15.0 Å². The zero-order valence-electron chi connectivity index (χ0n) is 13.6. The topological polar surface area (TPSA) is 37.6 Å². The van der Waals surface area contributed by atoms with Crippen LogP contribution in [-0.2, 0) is 6.42 Å². The molecule has 2 aromatic rings. The second-order valence-electron chi connectivity index (χ2n) is 6.03. The summed E-state index contributed by atoms with van der Waals surface area (Å²) in [6.45, 7) is 2.22. The molecule has 1 unspecified atom stereocenters. The van der Waals surface area contributed by atoms with Gasteiger partial charge in [0.2, 0.25) is 0 Å². The van der Waals surface area contributed by atoms with Gasteiger partial charge in [-0.1, -0.05) is 31.2 Å². The number of thioether (sulfide) groups is 1. The Balaban J connectivity index is 1.42. The highest BCUT2D eigenvalue weighted by molar-refractivity contribution is 8.14. The van der Waals surface area contributed by atoms with Crippen molar-refractivity contribution in [3.8, 4) is 0 Å². The molecule has 1 aromatic carbocycles. The smallest absolute Gasteiger partial charge is 0.0810 e. The van der Waals surface area contributed by atoms with Gasteiger partial charge in [0, 0.05) is 42.4 Å². The molecule has 0 saturated heterocycles. The molecule has 0 N–H and O–H groups in total. The fourth-order valence-corrected chi connectivity index (χ4v) is 4.33. The van der Waals surface area contributed by atoms with Crippen LogP contribution in [0.15, 0.2) is 65.0 Å². The summed E-state index contributed by atoms with van der Waals surface area (Å²) in [5.41, 5.74) is 6.16. The van der Waals surface area contributed by atoms with Crippen LogP contribution < -0.4 is 0 Å². The molecule has 120 valence electrons. The van der Waals surface area contributed by atoms with E-state index in [4.69, 9.17) is 9.98 Å². The molecule has 0 saturated carbocycles. The summed E-state index contributed by atoms with van der Waals surface area (Å²) in [5, 5.41) is 1.20. The molecule has 2 aliphatic heterocycles. The third-order valence-corrected chi connectivity index (χ3v) is 5.62. The van der Waals surface area contributed by atoms with Gasteiger partial charge < -0.3 is 0 Å². The number of rotatable bonds is 4. The average molecular weight is 333 g/mol. The van der Waals surface area contributed by atoms with Gasteiger partial charge in [-0.05, 0) is 35.3 Å². The van der Waals surface area contributed by atoms with Crippen LogP contribution in [0, 0.1) is 5.92 Å². The number of fused-ring (bicyclic) bond motifs is 1. The van der Waals surface area contributed by atoms with Crippen LogP contribution in [0.1, 0.15) is 24.5 Å². The third-order valence-electron chi connectivity index (χ3n) is 4.46. The van der Waals surface area contributed by atoms with E-state index in [9.17, 15) is 0 Å². The molecule has 0 bridgehead atoms. The summed E-state index contributed by atoms with van der Waals surface area (Å²) in [4.78, 5) is 13.7. The lowest BCUT2D eigenvalue weighted by Crippen LogP contribution is -2.12. The van der Waals surface area contributed by atoms with Crippen molar-refractivity contribution in [2.75, 3.05) is 5.75 Å². The van der Waals surface area contributed by atoms with Crippen LogP contribution in [-0.4, -0.2) is 21.5 Å². The first-order chi connectivity index (χ1) is 11.8. The molecule has 3 nitrogen and oxygen atoms in total. The SMILES string of the molecule is CCC1C(c2cccnc2)=CN=C1SCC1=Nc2ccccc2C1. The van der Waals surface area contributed by atoms with E-state index in [-0.39, 0.29) is 0 Å². The number of hydrogen-bond donors (Lipinski definition) is 0. The predicted octanol–water partition coefficient (Wildman–Crippen LogP) is 4.92. The van der Waals surface area contributed by atoms with Gasteiger partial charge in [-0.25, -0.2) is 0 Å². The number of hydrogen-bond acceptors (Lipinski definition) is 4. The maximum atomic E-state index is 4.75. The lowest BCUT2D eigenvalue weighted by Gasteiger charge is -2.15. The highest BCUT2D eigenvalue weighted by Gasteiger charge is 2.26. The Morgan fingerprint density at radius 1 is 1.17 bits per heavy atom. The molecule has 24 heavy (non-hydrogen) atoms. The molecule has 1 atom stereocenters. The van der Waals surface area contributed by atoms with Gasteiger partial charge in [0.1, 0.15) is 0 Å². The fraction of sp³-hybridized carbons (Fsp3) is 0.250. The van der Waals surface area contributed by atoms with Crippen LogP contribution in [0.25, 0.3) is 5.57 Å². The molecule has 0 fully saturated rings. The fourth-order valence-electron chi connectivity index (χ4n) is 3.23. The lowest BCUT2D eigenvalue weighted by atomic mass is 9.94. The normalized spacial score (nSPS) is 18.9. The van der Waals surface area contributed by atoms with Gasteiger partial charge in [0.25, 0.3) is 0 Å². The van der Waals surface area contributed by atoms with Crippen molar-refractivity contribution >= 4 is 33.8 Å². The van der Waals surface area contributed by atoms with E-state index in [1.165, 1.54) is 27.5 Å². The van der Waals surface area contributed by atoms with Gasteiger partial charge in [-0.2, -0.15) is 0 Å². The quantitative estimate of drug-likeness (QED) is 0.796. The Labute approximate surface area is 146 Å². The standard InChI is InChI=1S/C20H19N3S/c1-2-17-18(15-7-5-9-21-11-15)12-22-20(17)24-13-16-10-14-6-3-4-8-19(14)23-16/h3-9,11-12,17H,2,10,13H2,1H3. The first-order valence-corrected chi connectivity index (χ1v) is 9.29. The number of benzene rings is 1. The predicted molar refractivity (Wildman–Crippen MR) is 103 cm³/mol. The van der Waals surface area contributed by atoms with Crippen LogP contribution in [0.4, 0.5) is 5.69 Å². The molecule has 3 heterocycles. The minimum Gasteiger partial charge on any atom is -0.264 e. The van der Waals surface area contributed by atoms with E-state index < -0.39 is 0 Å². The Kier molecular flexibility index (Phi) is 4.30. The maximum Gasteiger partial charge on any atom is 0.0810 e. The second-order valence-corrected chi connectivity index (χ2v) is 7.02. The summed E-state index contributed by atoms with van der Waals surface area (Å²) >= 11 is 1.83. The molecule has 4 heteroatoms. The van der Waals surface area contributed by atoms with Crippen molar-refractivity contribution in [2.24, 2.45) is 15.9 Å². The zero-order chi connectivity index (χ0) is 16.4. The molecule has 0 aliphatic carbocycles. The van der Waals surface area contributed by atoms with Crippen molar-refractivity contribution in [2.45, 2.75) is 19.8 Å². The maximum absolute atomic E-state index is 4.75. The first kappa shape index (κ1) is 15.3. The van der Waals surface area contributed by atoms with Gasteiger partial charge >= 0.3 is 0 Å². The summed E-state index contributed by atoms with van der Waals surface area (Å²) in [6.07, 6.45) is 7.77. The minimum absolute atomic E-state index is 0.378. The van der Waals surface area contributed by atoms with E-state index in [0.717, 1.165) is 24.3 Å². The summed E-state index contributed by atoms with van der Waals surface area (Å²) in [5.74, 6) is 1.29. The number of para-hydroxylation sites is 1. The van der Waals surface area contributed by atoms with Crippen molar-refractivity contribution in [1.82, 2.24) is 4.98 Å². The molecule has 2 aliphatic rings. The molecule has 0 spiro atoms. The summed E-state index contributed by atoms with van der Waals surface area (Å²) < 4.78 is 0. The molecule has 1 aromatic heterocycles. The van der Waals surface area contributed by atoms with E-state index >= 15 is 0 Å². The molecule has 4 rings (SSSR count). The molecule has 0 radical (unpaired) electrons. The van der Waals surface area contributed by atoms with Gasteiger partial charge in [0.05, 0.1) is 10.7 Å². The Morgan fingerprint density at radius 2 is 2.08 bits per heavy atom. The Bertz CT molecular complexity index is 837. The van der Waals surface area contributed by atoms with Crippen molar-refractivity contribution in [3.63, 3.8) is 0 Å². The van der Waals surface area contributed by atoms with Crippen LogP contribution in [0.5, 0.6) is 0 Å². The molecule has 0 amide bonds. The number of nitrogens with zero attached hydrogens (tertiary/aromatic N) is 3. The number of aromatic nitrogens is 1. The van der Waals surface area contributed by atoms with Crippen molar-refractivity contribution < 1.29 is 0 Å². The molecular weight excluding hydrogens is 314 g/mol. The molecular formula is C20H19N3S. The monoisotopic (exact) mass is 333 g/mol. The summed E-state index contributed by atoms with van der Waals surface area (Å²) in [7, 11) is 0. The number of aliphatic imine (C=N–C) groups is 2. The van der Waals surface area contributed by atoms with Crippen LogP contribution in [0.3, 0.4) is 0 Å². The zero-order valence-corrected chi connectivity index (χ0v) is 14.5. The van der Waals surface area contributed by atoms with Gasteiger partial charge in [0.15, 0.2) is 0 Å². The van der Waals surface area contributed by atoms with Crippen molar-refractivity contribution in [1.29, 1.82) is 0 Å². The number of pyridine rings is 1. The summed E-state index contributed by atoms with van der Waals surface area (Å²) in [6, 6.07) is 12.5. The van der Waals surface area contributed by atoms with E-state index in [0.29, 0.717) is 5.92 Å². The average Bonchev–Trinajstić information content (AvgIpc) is 3.23. The highest BCUT2D eigenvalue weighted by Crippen LogP contribution is 2.36. The second kappa shape index (κ2) is 6.73. The third kappa shape index (κ3) is 2.94. The van der Waals surface area contributed by atoms with E-state index in [1.807, 2.05) is 36.4 Å². The van der Waals surface area contributed by atoms with Crippen molar-refractivity contribution in [3.05, 3.63) is 66.1 Å². The van der Waals surface area contributed by atoms with E-state index in [2.05, 4.69) is 42.2 Å². The first-order valence-electron chi connectivity index (χ1n) is 8.30. The lowest BCUT2D eigenvalue weighted by molar-refractivity contribution is 0.855. The Morgan fingerprint density at radius 3 is 2.88 bits per heavy atom. The largest absolute Gasteiger partial charge is 0.264 e. The highest BCUT2D eigenvalue weighted by atomic mass is 32.2. The Hall–Kier alpha value is -2.20. The van der Waals surface area contributed by atoms with Gasteiger partial charge in [-0.15, -0.1) is 11.8 Å². The van der Waals surface area contributed by atoms with Crippen LogP contribution in [0.2, 0.25) is 0 Å². The minimum atomic E-state index is 0.378. The van der Waals surface area contributed by atoms with Crippen LogP contribution >= 0.6 is 11.8 Å². The van der Waals surface area contributed by atoms with E-state index in [1.54, 1.807) is 0 Å².